The molecule has 0 bridgehead atoms. The molecule has 0 heterocycles. The molecule has 0 amide bonds. The molecule has 0 rings (SSSR count). The highest BCUT2D eigenvalue weighted by molar-refractivity contribution is 5.15. The van der Waals surface area contributed by atoms with Crippen molar-refractivity contribution in [3.63, 3.8) is 0 Å². The van der Waals surface area contributed by atoms with Gasteiger partial charge in [0.25, 0.3) is 0 Å². The van der Waals surface area contributed by atoms with Crippen LogP contribution in [0.2, 0.25) is 0 Å². The predicted octanol–water partition coefficient (Wildman–Crippen LogP) is 6.62. The molecule has 26 heavy (non-hydrogen) atoms. The van der Waals surface area contributed by atoms with Gasteiger partial charge in [0.15, 0.2) is 0 Å². The van der Waals surface area contributed by atoms with Crippen LogP contribution in [0.25, 0.3) is 0 Å². The molecule has 0 aliphatic heterocycles. The van der Waals surface area contributed by atoms with Crippen LogP contribution in [0.1, 0.15) is 90.4 Å². The lowest BCUT2D eigenvalue weighted by molar-refractivity contribution is 0.231. The Kier molecular flexibility index (Phi) is 21.0. The maximum atomic E-state index is 9.23. The Balaban J connectivity index is 3.32. The summed E-state index contributed by atoms with van der Waals surface area (Å²) >= 11 is 0. The highest BCUT2D eigenvalue weighted by atomic mass is 16.3. The summed E-state index contributed by atoms with van der Waals surface area (Å²) in [4.78, 5) is 0. The van der Waals surface area contributed by atoms with Crippen molar-refractivity contribution in [2.75, 3.05) is 6.54 Å². The molecule has 0 aliphatic carbocycles. The molecule has 0 radical (unpaired) electrons. The molecule has 0 aliphatic rings. The molecule has 0 spiro atoms. The van der Waals surface area contributed by atoms with E-state index < -0.39 is 6.10 Å². The quantitative estimate of drug-likeness (QED) is 0.213. The van der Waals surface area contributed by atoms with Crippen LogP contribution in [-0.2, 0) is 0 Å². The summed E-state index contributed by atoms with van der Waals surface area (Å²) in [6.07, 6.45) is 33.2. The van der Waals surface area contributed by atoms with Gasteiger partial charge in [-0.3, -0.25) is 0 Å². The molecule has 0 aromatic rings. The second-order valence-corrected chi connectivity index (χ2v) is 7.06. The first-order valence-corrected chi connectivity index (χ1v) is 10.9. The fraction of sp³-hybridized carbons (Fsp3) is 0.667. The summed E-state index contributed by atoms with van der Waals surface area (Å²) in [6, 6.07) is 0. The van der Waals surface area contributed by atoms with E-state index in [0.29, 0.717) is 0 Å². The van der Waals surface area contributed by atoms with Crippen molar-refractivity contribution in [1.29, 1.82) is 0 Å². The van der Waals surface area contributed by atoms with Crippen molar-refractivity contribution in [2.24, 2.45) is 5.73 Å². The van der Waals surface area contributed by atoms with E-state index in [0.717, 1.165) is 0 Å². The van der Waals surface area contributed by atoms with Gasteiger partial charge in [-0.05, 0) is 12.8 Å². The fourth-order valence-corrected chi connectivity index (χ4v) is 2.81. The van der Waals surface area contributed by atoms with Gasteiger partial charge in [-0.15, -0.1) is 0 Å². The number of hydrogen-bond acceptors (Lipinski definition) is 2. The molecule has 0 saturated heterocycles. The first-order chi connectivity index (χ1) is 12.8. The largest absolute Gasteiger partial charge is 0.388 e. The van der Waals surface area contributed by atoms with Crippen LogP contribution in [0.5, 0.6) is 0 Å². The molecule has 2 heteroatoms. The molecular formula is C24H43NO. The molecule has 0 fully saturated rings. The smallest absolute Gasteiger partial charge is 0.0846 e. The van der Waals surface area contributed by atoms with Crippen LogP contribution in [0.4, 0.5) is 0 Å². The van der Waals surface area contributed by atoms with Crippen molar-refractivity contribution < 1.29 is 5.11 Å². The fourth-order valence-electron chi connectivity index (χ4n) is 2.81. The second kappa shape index (κ2) is 21.9. The summed E-state index contributed by atoms with van der Waals surface area (Å²) < 4.78 is 0. The topological polar surface area (TPSA) is 46.2 Å². The van der Waals surface area contributed by atoms with Crippen molar-refractivity contribution in [3.05, 3.63) is 48.6 Å². The molecule has 2 nitrogen and oxygen atoms in total. The minimum Gasteiger partial charge on any atom is -0.388 e. The van der Waals surface area contributed by atoms with Crippen molar-refractivity contribution >= 4 is 0 Å². The average Bonchev–Trinajstić information content (AvgIpc) is 2.66. The maximum Gasteiger partial charge on any atom is 0.0846 e. The summed E-state index contributed by atoms with van der Waals surface area (Å²) in [6.45, 7) is 2.55. The number of allylic oxidation sites excluding steroid dienone is 7. The minimum absolute atomic E-state index is 0.266. The van der Waals surface area contributed by atoms with Gasteiger partial charge < -0.3 is 10.8 Å². The SMILES string of the molecule is CCCCCCCCCCCCCCC=CC=CC=CC=CC(O)CN. The molecule has 150 valence electrons. The Labute approximate surface area is 163 Å². The van der Waals surface area contributed by atoms with Gasteiger partial charge in [-0.1, -0.05) is 126 Å². The van der Waals surface area contributed by atoms with Gasteiger partial charge in [-0.25, -0.2) is 0 Å². The van der Waals surface area contributed by atoms with Gasteiger partial charge in [0.05, 0.1) is 6.10 Å². The Morgan fingerprint density at radius 1 is 0.654 bits per heavy atom. The first kappa shape index (κ1) is 24.9. The second-order valence-electron chi connectivity index (χ2n) is 7.06. The number of nitrogens with two attached hydrogens (primary N) is 1. The Bertz CT molecular complexity index is 382. The Morgan fingerprint density at radius 2 is 1.12 bits per heavy atom. The van der Waals surface area contributed by atoms with Crippen LogP contribution >= 0.6 is 0 Å². The highest BCUT2D eigenvalue weighted by Crippen LogP contribution is 2.12. The number of rotatable bonds is 18. The summed E-state index contributed by atoms with van der Waals surface area (Å²) in [7, 11) is 0. The minimum atomic E-state index is -0.543. The zero-order valence-electron chi connectivity index (χ0n) is 17.1. The lowest BCUT2D eigenvalue weighted by atomic mass is 10.0. The molecule has 0 saturated carbocycles. The zero-order chi connectivity index (χ0) is 19.1. The number of aliphatic hydroxyl groups excluding tert-OH is 1. The van der Waals surface area contributed by atoms with E-state index in [1.807, 2.05) is 30.4 Å². The normalized spacial score (nSPS) is 13.8. The highest BCUT2D eigenvalue weighted by Gasteiger charge is 1.93. The van der Waals surface area contributed by atoms with Gasteiger partial charge in [0.2, 0.25) is 0 Å². The van der Waals surface area contributed by atoms with Crippen molar-refractivity contribution in [2.45, 2.75) is 96.5 Å². The molecule has 1 atom stereocenters. The van der Waals surface area contributed by atoms with Crippen LogP contribution in [0.15, 0.2) is 48.6 Å². The first-order valence-electron chi connectivity index (χ1n) is 10.9. The van der Waals surface area contributed by atoms with Crippen molar-refractivity contribution in [3.8, 4) is 0 Å². The molecular weight excluding hydrogens is 318 g/mol. The molecule has 0 aromatic carbocycles. The van der Waals surface area contributed by atoms with Gasteiger partial charge >= 0.3 is 0 Å². The van der Waals surface area contributed by atoms with Crippen LogP contribution in [0, 0.1) is 0 Å². The molecule has 3 N–H and O–H groups in total. The molecule has 0 aromatic heterocycles. The monoisotopic (exact) mass is 361 g/mol. The number of aliphatic hydroxyl groups is 1. The summed E-state index contributed by atoms with van der Waals surface area (Å²) in [5.74, 6) is 0. The van der Waals surface area contributed by atoms with E-state index in [1.165, 1.54) is 83.5 Å². The summed E-state index contributed by atoms with van der Waals surface area (Å²) in [5, 5.41) is 9.23. The predicted molar refractivity (Wildman–Crippen MR) is 117 cm³/mol. The third-order valence-electron chi connectivity index (χ3n) is 4.49. The number of hydrogen-bond donors (Lipinski definition) is 2. The van der Waals surface area contributed by atoms with Crippen LogP contribution in [-0.4, -0.2) is 17.8 Å². The van der Waals surface area contributed by atoms with E-state index in [1.54, 1.807) is 6.08 Å². The van der Waals surface area contributed by atoms with Crippen LogP contribution < -0.4 is 5.73 Å². The van der Waals surface area contributed by atoms with E-state index >= 15 is 0 Å². The lowest BCUT2D eigenvalue weighted by Gasteiger charge is -2.02. The van der Waals surface area contributed by atoms with Gasteiger partial charge in [0, 0.05) is 6.54 Å². The van der Waals surface area contributed by atoms with Gasteiger partial charge in [0.1, 0.15) is 0 Å². The van der Waals surface area contributed by atoms with E-state index in [4.69, 9.17) is 5.73 Å². The standard InChI is InChI=1S/C24H43NO/c1-2-3-4-5-6-7-8-9-10-11-12-13-14-15-16-17-18-19-20-21-22-24(26)23-25/h15-22,24,26H,2-14,23,25H2,1H3. The Hall–Kier alpha value is -1.12. The summed E-state index contributed by atoms with van der Waals surface area (Å²) in [5.41, 5.74) is 5.31. The average molecular weight is 362 g/mol. The molecule has 1 unspecified atom stereocenters. The third-order valence-corrected chi connectivity index (χ3v) is 4.49. The van der Waals surface area contributed by atoms with Crippen LogP contribution in [0.3, 0.4) is 0 Å². The Morgan fingerprint density at radius 3 is 1.65 bits per heavy atom. The van der Waals surface area contributed by atoms with Crippen molar-refractivity contribution in [1.82, 2.24) is 0 Å². The lowest BCUT2D eigenvalue weighted by Crippen LogP contribution is -2.16. The number of unbranched alkanes of at least 4 members (excludes halogenated alkanes) is 12. The van der Waals surface area contributed by atoms with E-state index in [2.05, 4.69) is 19.1 Å². The van der Waals surface area contributed by atoms with Gasteiger partial charge in [-0.2, -0.15) is 0 Å². The van der Waals surface area contributed by atoms with E-state index in [-0.39, 0.29) is 6.54 Å². The maximum absolute atomic E-state index is 9.23. The zero-order valence-corrected chi connectivity index (χ0v) is 17.1. The van der Waals surface area contributed by atoms with E-state index in [9.17, 15) is 5.11 Å². The third kappa shape index (κ3) is 20.9.